The van der Waals surface area contributed by atoms with E-state index < -0.39 is 0 Å². The smallest absolute Gasteiger partial charge is 0.211 e. The summed E-state index contributed by atoms with van der Waals surface area (Å²) < 4.78 is 11.1. The molecule has 1 aliphatic rings. The number of hydrogen-bond donors (Lipinski definition) is 2. The normalized spacial score (nSPS) is 19.9. The van der Waals surface area contributed by atoms with Crippen LogP contribution in [0.3, 0.4) is 0 Å². The molecule has 2 aromatic rings. The van der Waals surface area contributed by atoms with Gasteiger partial charge in [-0.05, 0) is 24.6 Å². The lowest BCUT2D eigenvalue weighted by molar-refractivity contribution is 0.425. The Hall–Kier alpha value is -2.50. The average molecular weight is 272 g/mol. The fraction of sp³-hybridized carbons (Fsp3) is 0.286. The van der Waals surface area contributed by atoms with Crippen molar-refractivity contribution in [1.29, 1.82) is 0 Å². The van der Waals surface area contributed by atoms with Gasteiger partial charge in [-0.25, -0.2) is 0 Å². The second kappa shape index (κ2) is 4.88. The van der Waals surface area contributed by atoms with Crippen molar-refractivity contribution in [3.8, 4) is 0 Å². The molecule has 20 heavy (non-hydrogen) atoms. The molecule has 0 aromatic carbocycles. The third kappa shape index (κ3) is 2.20. The van der Waals surface area contributed by atoms with E-state index in [2.05, 4.69) is 10.2 Å². The van der Waals surface area contributed by atoms with Gasteiger partial charge in [0, 0.05) is 24.3 Å². The van der Waals surface area contributed by atoms with Crippen LogP contribution >= 0.6 is 0 Å². The van der Waals surface area contributed by atoms with Crippen molar-refractivity contribution in [2.75, 3.05) is 0 Å². The number of guanidine groups is 1. The minimum Gasteiger partial charge on any atom is -0.469 e. The Balaban J connectivity index is 2.02. The Bertz CT molecular complexity index is 663. The van der Waals surface area contributed by atoms with Gasteiger partial charge in [0.05, 0.1) is 18.2 Å². The zero-order valence-corrected chi connectivity index (χ0v) is 11.2. The first-order chi connectivity index (χ1) is 9.65. The second-order valence-electron chi connectivity index (χ2n) is 4.91. The molecular formula is C14H16N4O2. The summed E-state index contributed by atoms with van der Waals surface area (Å²) in [5.74, 6) is 1.96. The third-order valence-corrected chi connectivity index (χ3v) is 3.44. The first-order valence-corrected chi connectivity index (χ1v) is 6.41. The molecule has 0 saturated carbocycles. The van der Waals surface area contributed by atoms with Gasteiger partial charge in [-0.2, -0.15) is 5.10 Å². The van der Waals surface area contributed by atoms with E-state index in [-0.39, 0.29) is 11.9 Å². The van der Waals surface area contributed by atoms with Crippen LogP contribution in [0.5, 0.6) is 0 Å². The standard InChI is InChI=1S/C14H16N4O2/c1-8-7-20-12-6-9(11-3-2-4-19-11)5-10(13(8)12)17-18-14(15)16/h2-4,7,9H,5-6H2,1H3,(H4,15,16,18)/b17-10+. The summed E-state index contributed by atoms with van der Waals surface area (Å²) in [6.07, 6.45) is 4.92. The highest BCUT2D eigenvalue weighted by molar-refractivity contribution is 6.04. The van der Waals surface area contributed by atoms with Crippen LogP contribution in [-0.4, -0.2) is 11.7 Å². The van der Waals surface area contributed by atoms with Crippen molar-refractivity contribution in [2.24, 2.45) is 21.7 Å². The van der Waals surface area contributed by atoms with Gasteiger partial charge in [-0.3, -0.25) is 0 Å². The SMILES string of the molecule is Cc1coc2c1/C(=N/N=C(N)N)CC(c1ccco1)C2. The van der Waals surface area contributed by atoms with Gasteiger partial charge in [-0.1, -0.05) is 0 Å². The number of furan rings is 2. The van der Waals surface area contributed by atoms with Gasteiger partial charge in [0.1, 0.15) is 11.5 Å². The summed E-state index contributed by atoms with van der Waals surface area (Å²) in [5.41, 5.74) is 13.6. The Kier molecular flexibility index (Phi) is 3.06. The molecule has 3 rings (SSSR count). The van der Waals surface area contributed by atoms with Crippen LogP contribution in [0, 0.1) is 6.92 Å². The summed E-state index contributed by atoms with van der Waals surface area (Å²) in [7, 11) is 0. The zero-order chi connectivity index (χ0) is 14.1. The summed E-state index contributed by atoms with van der Waals surface area (Å²) in [5, 5.41) is 7.94. The highest BCUT2D eigenvalue weighted by Crippen LogP contribution is 2.35. The molecule has 1 atom stereocenters. The quantitative estimate of drug-likeness (QED) is 0.495. The van der Waals surface area contributed by atoms with Crippen molar-refractivity contribution in [3.05, 3.63) is 47.3 Å². The topological polar surface area (TPSA) is 103 Å². The molecule has 6 nitrogen and oxygen atoms in total. The molecule has 0 fully saturated rings. The van der Waals surface area contributed by atoms with E-state index in [1.807, 2.05) is 19.1 Å². The van der Waals surface area contributed by atoms with Gasteiger partial charge in [0.2, 0.25) is 5.96 Å². The lowest BCUT2D eigenvalue weighted by atomic mass is 9.84. The van der Waals surface area contributed by atoms with Crippen LogP contribution in [0.2, 0.25) is 0 Å². The molecule has 2 aromatic heterocycles. The zero-order valence-electron chi connectivity index (χ0n) is 11.2. The van der Waals surface area contributed by atoms with E-state index >= 15 is 0 Å². The molecule has 104 valence electrons. The van der Waals surface area contributed by atoms with Crippen molar-refractivity contribution >= 4 is 11.7 Å². The van der Waals surface area contributed by atoms with Crippen LogP contribution < -0.4 is 11.5 Å². The number of aryl methyl sites for hydroxylation is 1. The van der Waals surface area contributed by atoms with Crippen LogP contribution in [0.1, 0.15) is 35.0 Å². The monoisotopic (exact) mass is 272 g/mol. The van der Waals surface area contributed by atoms with Gasteiger partial charge in [-0.15, -0.1) is 5.10 Å². The van der Waals surface area contributed by atoms with Crippen LogP contribution in [0.15, 0.2) is 43.7 Å². The number of nitrogens with zero attached hydrogens (tertiary/aromatic N) is 2. The molecule has 0 amide bonds. The number of rotatable bonds is 2. The van der Waals surface area contributed by atoms with Crippen LogP contribution in [-0.2, 0) is 6.42 Å². The number of fused-ring (bicyclic) bond motifs is 1. The molecule has 1 aliphatic carbocycles. The molecule has 0 bridgehead atoms. The number of nitrogens with two attached hydrogens (primary N) is 2. The highest BCUT2D eigenvalue weighted by Gasteiger charge is 2.30. The van der Waals surface area contributed by atoms with E-state index in [0.717, 1.165) is 41.2 Å². The van der Waals surface area contributed by atoms with Crippen molar-refractivity contribution in [2.45, 2.75) is 25.7 Å². The van der Waals surface area contributed by atoms with E-state index in [1.54, 1.807) is 12.5 Å². The molecule has 0 spiro atoms. The Morgan fingerprint density at radius 2 is 2.15 bits per heavy atom. The maximum Gasteiger partial charge on any atom is 0.211 e. The van der Waals surface area contributed by atoms with Crippen LogP contribution in [0.25, 0.3) is 0 Å². The Morgan fingerprint density at radius 3 is 2.85 bits per heavy atom. The van der Waals surface area contributed by atoms with E-state index in [0.29, 0.717) is 0 Å². The van der Waals surface area contributed by atoms with Crippen LogP contribution in [0.4, 0.5) is 0 Å². The van der Waals surface area contributed by atoms with E-state index in [4.69, 9.17) is 20.3 Å². The summed E-state index contributed by atoms with van der Waals surface area (Å²) >= 11 is 0. The summed E-state index contributed by atoms with van der Waals surface area (Å²) in [6.45, 7) is 1.99. The summed E-state index contributed by atoms with van der Waals surface area (Å²) in [6, 6.07) is 3.84. The van der Waals surface area contributed by atoms with Gasteiger partial charge >= 0.3 is 0 Å². The van der Waals surface area contributed by atoms with Crippen molar-refractivity contribution in [3.63, 3.8) is 0 Å². The van der Waals surface area contributed by atoms with Crippen molar-refractivity contribution < 1.29 is 8.83 Å². The maximum absolute atomic E-state index is 5.62. The average Bonchev–Trinajstić information content (AvgIpc) is 3.06. The molecule has 0 saturated heterocycles. The molecule has 1 unspecified atom stereocenters. The largest absolute Gasteiger partial charge is 0.469 e. The third-order valence-electron chi connectivity index (χ3n) is 3.44. The number of hydrogen-bond acceptors (Lipinski definition) is 4. The minimum absolute atomic E-state index is 0.0553. The second-order valence-corrected chi connectivity index (χ2v) is 4.91. The maximum atomic E-state index is 5.62. The fourth-order valence-electron chi connectivity index (χ4n) is 2.60. The molecule has 4 N–H and O–H groups in total. The molecule has 2 heterocycles. The van der Waals surface area contributed by atoms with Crippen molar-refractivity contribution in [1.82, 2.24) is 0 Å². The van der Waals surface area contributed by atoms with Gasteiger partial charge in [0.25, 0.3) is 0 Å². The van der Waals surface area contributed by atoms with E-state index in [9.17, 15) is 0 Å². The highest BCUT2D eigenvalue weighted by atomic mass is 16.3. The fourth-order valence-corrected chi connectivity index (χ4v) is 2.60. The first-order valence-electron chi connectivity index (χ1n) is 6.41. The van der Waals surface area contributed by atoms with Gasteiger partial charge < -0.3 is 20.3 Å². The van der Waals surface area contributed by atoms with Gasteiger partial charge in [0.15, 0.2) is 0 Å². The Morgan fingerprint density at radius 1 is 1.30 bits per heavy atom. The molecule has 0 aliphatic heterocycles. The lowest BCUT2D eigenvalue weighted by Crippen LogP contribution is -2.23. The molecular weight excluding hydrogens is 256 g/mol. The minimum atomic E-state index is -0.0553. The predicted molar refractivity (Wildman–Crippen MR) is 75.6 cm³/mol. The molecule has 6 heteroatoms. The predicted octanol–water partition coefficient (Wildman–Crippen LogP) is 1.89. The first kappa shape index (κ1) is 12.5. The van der Waals surface area contributed by atoms with E-state index in [1.165, 1.54) is 0 Å². The molecule has 0 radical (unpaired) electrons. The summed E-state index contributed by atoms with van der Waals surface area (Å²) in [4.78, 5) is 0. The lowest BCUT2D eigenvalue weighted by Gasteiger charge is -2.20. The Labute approximate surface area is 116 Å².